The minimum absolute atomic E-state index is 0.245. The molecule has 0 aliphatic heterocycles. The fraction of sp³-hybridized carbons (Fsp3) is 0.476. The number of benzene rings is 1. The lowest BCUT2D eigenvalue weighted by Crippen LogP contribution is -2.28. The van der Waals surface area contributed by atoms with Crippen molar-refractivity contribution in [1.82, 2.24) is 4.98 Å². The maximum Gasteiger partial charge on any atom is 0.320 e. The van der Waals surface area contributed by atoms with E-state index in [-0.39, 0.29) is 13.2 Å². The van der Waals surface area contributed by atoms with Crippen LogP contribution in [0.15, 0.2) is 34.7 Å². The molecule has 1 heterocycles. The average molecular weight is 373 g/mol. The molecule has 6 nitrogen and oxygen atoms in total. The summed E-state index contributed by atoms with van der Waals surface area (Å²) in [5.74, 6) is -0.483. The number of rotatable bonds is 10. The Hall–Kier alpha value is -2.63. The van der Waals surface area contributed by atoms with Gasteiger partial charge in [0.25, 0.3) is 0 Å². The number of hydrogen-bond donors (Lipinski definition) is 0. The third-order valence-electron chi connectivity index (χ3n) is 4.21. The van der Waals surface area contributed by atoms with Crippen LogP contribution in [0.5, 0.6) is 0 Å². The predicted molar refractivity (Wildman–Crippen MR) is 101 cm³/mol. The molecule has 2 aromatic rings. The Bertz CT molecular complexity index is 720. The zero-order chi connectivity index (χ0) is 19.6. The molecule has 0 bridgehead atoms. The van der Waals surface area contributed by atoms with Gasteiger partial charge in [0.2, 0.25) is 5.89 Å². The van der Waals surface area contributed by atoms with Crippen molar-refractivity contribution in [3.8, 4) is 11.5 Å². The average Bonchev–Trinajstić information content (AvgIpc) is 3.03. The molecule has 0 radical (unpaired) electrons. The van der Waals surface area contributed by atoms with E-state index in [0.717, 1.165) is 29.9 Å². The number of hydrogen-bond acceptors (Lipinski definition) is 6. The summed E-state index contributed by atoms with van der Waals surface area (Å²) >= 11 is 0. The van der Waals surface area contributed by atoms with Crippen LogP contribution in [0.4, 0.5) is 0 Å². The molecule has 146 valence electrons. The second-order valence-electron chi connectivity index (χ2n) is 6.19. The quantitative estimate of drug-likeness (QED) is 0.354. The Balaban J connectivity index is 1.90. The highest BCUT2D eigenvalue weighted by Crippen LogP contribution is 2.23. The smallest absolute Gasteiger partial charge is 0.320 e. The van der Waals surface area contributed by atoms with Crippen LogP contribution in [-0.4, -0.2) is 30.1 Å². The Kier molecular flexibility index (Phi) is 8.04. The molecule has 1 aromatic carbocycles. The lowest BCUT2D eigenvalue weighted by molar-refractivity contribution is -0.161. The SMILES string of the molecule is CCOC(=O)C(CCCCc1nc(-c2ccccc2)oc1C)C(=O)OCC. The van der Waals surface area contributed by atoms with E-state index in [1.165, 1.54) is 0 Å². The molecule has 0 atom stereocenters. The molecule has 0 saturated heterocycles. The van der Waals surface area contributed by atoms with Crippen LogP contribution in [0.3, 0.4) is 0 Å². The fourth-order valence-electron chi connectivity index (χ4n) is 2.82. The summed E-state index contributed by atoms with van der Waals surface area (Å²) in [4.78, 5) is 28.6. The van der Waals surface area contributed by atoms with Crippen molar-refractivity contribution in [3.05, 3.63) is 41.8 Å². The largest absolute Gasteiger partial charge is 0.465 e. The van der Waals surface area contributed by atoms with Crippen molar-refractivity contribution in [2.75, 3.05) is 13.2 Å². The third-order valence-corrected chi connectivity index (χ3v) is 4.21. The van der Waals surface area contributed by atoms with Crippen LogP contribution in [0.25, 0.3) is 11.5 Å². The number of ether oxygens (including phenoxy) is 2. The van der Waals surface area contributed by atoms with Gasteiger partial charge >= 0.3 is 11.9 Å². The first-order valence-electron chi connectivity index (χ1n) is 9.41. The van der Waals surface area contributed by atoms with Gasteiger partial charge in [0.15, 0.2) is 5.92 Å². The zero-order valence-electron chi connectivity index (χ0n) is 16.2. The highest BCUT2D eigenvalue weighted by molar-refractivity contribution is 5.94. The first-order valence-corrected chi connectivity index (χ1v) is 9.41. The summed E-state index contributed by atoms with van der Waals surface area (Å²) in [5.41, 5.74) is 1.84. The number of carbonyl (C=O) groups is 2. The minimum Gasteiger partial charge on any atom is -0.465 e. The predicted octanol–water partition coefficient (Wildman–Crippen LogP) is 4.11. The lowest BCUT2D eigenvalue weighted by Gasteiger charge is -2.14. The summed E-state index contributed by atoms with van der Waals surface area (Å²) < 4.78 is 15.7. The maximum atomic E-state index is 12.0. The molecule has 0 spiro atoms. The normalized spacial score (nSPS) is 10.8. The van der Waals surface area contributed by atoms with Crippen molar-refractivity contribution < 1.29 is 23.5 Å². The van der Waals surface area contributed by atoms with Crippen LogP contribution in [-0.2, 0) is 25.5 Å². The van der Waals surface area contributed by atoms with Gasteiger partial charge in [-0.05, 0) is 52.2 Å². The first-order chi connectivity index (χ1) is 13.1. The summed E-state index contributed by atoms with van der Waals surface area (Å²) in [5, 5.41) is 0. The van der Waals surface area contributed by atoms with Gasteiger partial charge in [-0.1, -0.05) is 24.6 Å². The van der Waals surface area contributed by atoms with Crippen LogP contribution in [0, 0.1) is 12.8 Å². The third kappa shape index (κ3) is 5.94. The van der Waals surface area contributed by atoms with Gasteiger partial charge in [0, 0.05) is 5.56 Å². The van der Waals surface area contributed by atoms with Gasteiger partial charge in [-0.25, -0.2) is 4.98 Å². The summed E-state index contributed by atoms with van der Waals surface area (Å²) in [7, 11) is 0. The van der Waals surface area contributed by atoms with Gasteiger partial charge in [0.1, 0.15) is 5.76 Å². The van der Waals surface area contributed by atoms with Gasteiger partial charge in [0.05, 0.1) is 18.9 Å². The number of esters is 2. The number of aryl methyl sites for hydroxylation is 2. The van der Waals surface area contributed by atoms with Crippen molar-refractivity contribution in [2.45, 2.75) is 46.5 Å². The van der Waals surface area contributed by atoms with Crippen LogP contribution < -0.4 is 0 Å². The Labute approximate surface area is 159 Å². The van der Waals surface area contributed by atoms with Gasteiger partial charge in [-0.15, -0.1) is 0 Å². The van der Waals surface area contributed by atoms with E-state index in [2.05, 4.69) is 4.98 Å². The summed E-state index contributed by atoms with van der Waals surface area (Å²) in [6.45, 7) is 5.83. The van der Waals surface area contributed by atoms with Gasteiger partial charge in [-0.2, -0.15) is 0 Å². The molecule has 0 aliphatic carbocycles. The molecule has 0 saturated carbocycles. The topological polar surface area (TPSA) is 78.6 Å². The molecular weight excluding hydrogens is 346 g/mol. The first kappa shape index (κ1) is 20.7. The number of carbonyl (C=O) groups excluding carboxylic acids is 2. The number of nitrogens with zero attached hydrogens (tertiary/aromatic N) is 1. The van der Waals surface area contributed by atoms with Crippen molar-refractivity contribution in [3.63, 3.8) is 0 Å². The van der Waals surface area contributed by atoms with Crippen LogP contribution in [0.2, 0.25) is 0 Å². The molecule has 1 aromatic heterocycles. The highest BCUT2D eigenvalue weighted by Gasteiger charge is 2.28. The van der Waals surface area contributed by atoms with E-state index in [9.17, 15) is 9.59 Å². The second-order valence-corrected chi connectivity index (χ2v) is 6.19. The summed E-state index contributed by atoms with van der Waals surface area (Å²) in [6.07, 6.45) is 2.60. The second kappa shape index (κ2) is 10.5. The maximum absolute atomic E-state index is 12.0. The van der Waals surface area contributed by atoms with Crippen LogP contribution >= 0.6 is 0 Å². The van der Waals surface area contributed by atoms with E-state index >= 15 is 0 Å². The van der Waals surface area contributed by atoms with Gasteiger partial charge < -0.3 is 13.9 Å². The molecule has 0 aliphatic rings. The standard InChI is InChI=1S/C21H27NO5/c1-4-25-20(23)17(21(24)26-5-2)13-9-10-14-18-15(3)27-19(22-18)16-11-7-6-8-12-16/h6-8,11-12,17H,4-5,9-10,13-14H2,1-3H3. The fourth-order valence-corrected chi connectivity index (χ4v) is 2.82. The number of aromatic nitrogens is 1. The summed E-state index contributed by atoms with van der Waals surface area (Å²) in [6, 6.07) is 9.75. The minimum atomic E-state index is -0.858. The molecular formula is C21H27NO5. The van der Waals surface area contributed by atoms with E-state index in [4.69, 9.17) is 13.9 Å². The Morgan fingerprint density at radius 1 is 1.04 bits per heavy atom. The van der Waals surface area contributed by atoms with Gasteiger partial charge in [-0.3, -0.25) is 9.59 Å². The molecule has 0 unspecified atom stereocenters. The molecule has 6 heteroatoms. The molecule has 0 N–H and O–H groups in total. The molecule has 2 rings (SSSR count). The van der Waals surface area contributed by atoms with Crippen LogP contribution in [0.1, 0.15) is 44.6 Å². The molecule has 0 amide bonds. The zero-order valence-corrected chi connectivity index (χ0v) is 16.2. The van der Waals surface area contributed by atoms with E-state index in [1.807, 2.05) is 37.3 Å². The van der Waals surface area contributed by atoms with E-state index in [0.29, 0.717) is 18.7 Å². The number of oxazole rings is 1. The van der Waals surface area contributed by atoms with Crippen molar-refractivity contribution >= 4 is 11.9 Å². The lowest BCUT2D eigenvalue weighted by atomic mass is 10.0. The Morgan fingerprint density at radius 3 is 2.26 bits per heavy atom. The van der Waals surface area contributed by atoms with Crippen molar-refractivity contribution in [1.29, 1.82) is 0 Å². The Morgan fingerprint density at radius 2 is 1.67 bits per heavy atom. The highest BCUT2D eigenvalue weighted by atomic mass is 16.6. The van der Waals surface area contributed by atoms with E-state index in [1.54, 1.807) is 13.8 Å². The molecule has 27 heavy (non-hydrogen) atoms. The van der Waals surface area contributed by atoms with Crippen molar-refractivity contribution in [2.24, 2.45) is 5.92 Å². The monoisotopic (exact) mass is 373 g/mol. The van der Waals surface area contributed by atoms with E-state index < -0.39 is 17.9 Å². The number of unbranched alkanes of at least 4 members (excludes halogenated alkanes) is 1. The molecule has 0 fully saturated rings.